The largest absolute Gasteiger partial charge is 0.382 e. The standard InChI is InChI=1S/C25H43N3O8S/c1-29-12-14-33-20-22-35-18-16-31-10-8-28(25(37)27-26-24-6-4-3-5-7-24)9-11-32-17-19-36-23-21-34-15-13-30-2/h3-7H,8-23H2,1-2H3. The molecule has 0 aromatic heterocycles. The topological polar surface area (TPSA) is 102 Å². The van der Waals surface area contributed by atoms with Gasteiger partial charge in [-0.15, -0.1) is 10.2 Å². The number of methoxy groups -OCH3 is 2. The summed E-state index contributed by atoms with van der Waals surface area (Å²) in [6.07, 6.45) is 0. The monoisotopic (exact) mass is 545 g/mol. The summed E-state index contributed by atoms with van der Waals surface area (Å²) in [5.41, 5.74) is 0.740. The first-order chi connectivity index (χ1) is 18.3. The number of thiocarbonyl (C=S) groups is 1. The zero-order valence-electron chi connectivity index (χ0n) is 22.2. The van der Waals surface area contributed by atoms with Crippen LogP contribution in [-0.4, -0.2) is 130 Å². The Kier molecular flexibility index (Phi) is 23.5. The number of rotatable bonds is 25. The molecule has 0 bridgehead atoms. The normalized spacial score (nSPS) is 11.4. The Bertz CT molecular complexity index is 647. The van der Waals surface area contributed by atoms with E-state index >= 15 is 0 Å². The van der Waals surface area contributed by atoms with Crippen molar-refractivity contribution in [2.24, 2.45) is 10.2 Å². The second-order valence-electron chi connectivity index (χ2n) is 7.47. The van der Waals surface area contributed by atoms with Crippen LogP contribution in [0.1, 0.15) is 0 Å². The summed E-state index contributed by atoms with van der Waals surface area (Å²) in [6, 6.07) is 9.47. The van der Waals surface area contributed by atoms with E-state index in [0.717, 1.165) is 5.69 Å². The van der Waals surface area contributed by atoms with Gasteiger partial charge in [0.15, 0.2) is 0 Å². The molecule has 0 aliphatic heterocycles. The second kappa shape index (κ2) is 26.0. The van der Waals surface area contributed by atoms with Crippen molar-refractivity contribution in [3.05, 3.63) is 30.3 Å². The lowest BCUT2D eigenvalue weighted by Crippen LogP contribution is -2.35. The van der Waals surface area contributed by atoms with E-state index in [2.05, 4.69) is 10.2 Å². The van der Waals surface area contributed by atoms with Crippen LogP contribution in [0, 0.1) is 0 Å². The third-order valence-corrected chi connectivity index (χ3v) is 4.98. The molecular formula is C25H43N3O8S. The molecule has 0 fully saturated rings. The van der Waals surface area contributed by atoms with Crippen LogP contribution in [0.15, 0.2) is 40.6 Å². The predicted octanol–water partition coefficient (Wildman–Crippen LogP) is 2.75. The van der Waals surface area contributed by atoms with Crippen molar-refractivity contribution in [2.75, 3.05) is 120 Å². The third-order valence-electron chi connectivity index (χ3n) is 4.64. The number of benzene rings is 1. The molecule has 0 aliphatic carbocycles. The van der Waals surface area contributed by atoms with Gasteiger partial charge in [-0.3, -0.25) is 0 Å². The van der Waals surface area contributed by atoms with Gasteiger partial charge in [0, 0.05) is 27.3 Å². The molecule has 1 aromatic rings. The SMILES string of the molecule is COCCOCCOCCOCCN(CCOCCOCCOCCOC)C(=S)N=Nc1ccccc1. The minimum atomic E-state index is 0.380. The molecule has 0 unspecified atom stereocenters. The summed E-state index contributed by atoms with van der Waals surface area (Å²) < 4.78 is 42.9. The first-order valence-electron chi connectivity index (χ1n) is 12.5. The van der Waals surface area contributed by atoms with E-state index in [1.807, 2.05) is 35.2 Å². The average molecular weight is 546 g/mol. The zero-order chi connectivity index (χ0) is 26.7. The number of ether oxygens (including phenoxy) is 8. The van der Waals surface area contributed by atoms with Crippen molar-refractivity contribution < 1.29 is 37.9 Å². The van der Waals surface area contributed by atoms with Crippen LogP contribution in [-0.2, 0) is 37.9 Å². The molecule has 1 rings (SSSR count). The smallest absolute Gasteiger partial charge is 0.216 e. The molecule has 0 spiro atoms. The van der Waals surface area contributed by atoms with Crippen LogP contribution in [0.3, 0.4) is 0 Å². The van der Waals surface area contributed by atoms with Gasteiger partial charge >= 0.3 is 0 Å². The Hall–Kier alpha value is -1.61. The third kappa shape index (κ3) is 21.1. The fourth-order valence-corrected chi connectivity index (χ4v) is 2.90. The molecule has 0 saturated carbocycles. The van der Waals surface area contributed by atoms with Crippen LogP contribution < -0.4 is 0 Å². The molecule has 0 amide bonds. The van der Waals surface area contributed by atoms with Crippen LogP contribution >= 0.6 is 12.2 Å². The van der Waals surface area contributed by atoms with Crippen LogP contribution in [0.25, 0.3) is 0 Å². The molecule has 11 nitrogen and oxygen atoms in total. The molecule has 1 aromatic carbocycles. The van der Waals surface area contributed by atoms with Gasteiger partial charge in [0.05, 0.1) is 98.2 Å². The van der Waals surface area contributed by atoms with Gasteiger partial charge < -0.3 is 42.8 Å². The van der Waals surface area contributed by atoms with Crippen molar-refractivity contribution in [1.29, 1.82) is 0 Å². The van der Waals surface area contributed by atoms with Gasteiger partial charge in [-0.25, -0.2) is 0 Å². The van der Waals surface area contributed by atoms with Gasteiger partial charge in [-0.1, -0.05) is 18.2 Å². The van der Waals surface area contributed by atoms with E-state index in [-0.39, 0.29) is 0 Å². The molecule has 37 heavy (non-hydrogen) atoms. The van der Waals surface area contributed by atoms with Crippen LogP contribution in [0.5, 0.6) is 0 Å². The van der Waals surface area contributed by atoms with Gasteiger partial charge in [0.1, 0.15) is 0 Å². The second-order valence-corrected chi connectivity index (χ2v) is 7.83. The summed E-state index contributed by atoms with van der Waals surface area (Å²) in [6.45, 7) is 8.40. The minimum absolute atomic E-state index is 0.380. The summed E-state index contributed by atoms with van der Waals surface area (Å²) in [7, 11) is 3.29. The van der Waals surface area contributed by atoms with Gasteiger partial charge in [-0.05, 0) is 24.4 Å². The lowest BCUT2D eigenvalue weighted by Gasteiger charge is -2.22. The van der Waals surface area contributed by atoms with Crippen molar-refractivity contribution in [1.82, 2.24) is 4.90 Å². The van der Waals surface area contributed by atoms with Crippen molar-refractivity contribution in [3.8, 4) is 0 Å². The molecule has 0 radical (unpaired) electrons. The molecule has 0 saturated heterocycles. The minimum Gasteiger partial charge on any atom is -0.382 e. The highest BCUT2D eigenvalue weighted by molar-refractivity contribution is 7.80. The molecule has 12 heteroatoms. The number of hydrogen-bond acceptors (Lipinski definition) is 10. The molecule has 212 valence electrons. The molecule has 0 N–H and O–H groups in total. The number of azo groups is 1. The van der Waals surface area contributed by atoms with Crippen LogP contribution in [0.4, 0.5) is 5.69 Å². The molecular weight excluding hydrogens is 502 g/mol. The number of nitrogens with zero attached hydrogens (tertiary/aromatic N) is 3. The average Bonchev–Trinajstić information content (AvgIpc) is 2.92. The summed E-state index contributed by atoms with van der Waals surface area (Å²) >= 11 is 5.49. The van der Waals surface area contributed by atoms with Crippen molar-refractivity contribution >= 4 is 23.0 Å². The fraction of sp³-hybridized carbons (Fsp3) is 0.720. The Labute approximate surface area is 226 Å². The van der Waals surface area contributed by atoms with E-state index in [0.29, 0.717) is 111 Å². The highest BCUT2D eigenvalue weighted by Crippen LogP contribution is 2.11. The number of hydrogen-bond donors (Lipinski definition) is 0. The lowest BCUT2D eigenvalue weighted by atomic mass is 10.3. The Morgan fingerprint density at radius 3 is 1.38 bits per heavy atom. The molecule has 0 heterocycles. The van der Waals surface area contributed by atoms with E-state index in [4.69, 9.17) is 50.1 Å². The maximum absolute atomic E-state index is 5.69. The van der Waals surface area contributed by atoms with E-state index in [9.17, 15) is 0 Å². The summed E-state index contributed by atoms with van der Waals surface area (Å²) in [5.74, 6) is 0. The van der Waals surface area contributed by atoms with Gasteiger partial charge in [-0.2, -0.15) is 0 Å². The maximum Gasteiger partial charge on any atom is 0.216 e. The summed E-state index contributed by atoms with van der Waals surface area (Å²) in [5, 5.41) is 8.81. The zero-order valence-corrected chi connectivity index (χ0v) is 23.0. The predicted molar refractivity (Wildman–Crippen MR) is 144 cm³/mol. The quantitative estimate of drug-likeness (QED) is 0.104. The lowest BCUT2D eigenvalue weighted by molar-refractivity contribution is -0.00130. The first kappa shape index (κ1) is 33.4. The van der Waals surface area contributed by atoms with Crippen molar-refractivity contribution in [2.45, 2.75) is 0 Å². The van der Waals surface area contributed by atoms with Crippen LogP contribution in [0.2, 0.25) is 0 Å². The Morgan fingerprint density at radius 2 is 0.973 bits per heavy atom. The highest BCUT2D eigenvalue weighted by atomic mass is 32.1. The van der Waals surface area contributed by atoms with E-state index in [1.54, 1.807) is 14.2 Å². The first-order valence-corrected chi connectivity index (χ1v) is 12.9. The Morgan fingerprint density at radius 1 is 0.595 bits per heavy atom. The molecule has 0 aliphatic rings. The summed E-state index contributed by atoms with van der Waals surface area (Å²) in [4.78, 5) is 1.91. The molecule has 0 atom stereocenters. The fourth-order valence-electron chi connectivity index (χ4n) is 2.68. The van der Waals surface area contributed by atoms with Gasteiger partial charge in [0.25, 0.3) is 0 Å². The van der Waals surface area contributed by atoms with Crippen molar-refractivity contribution in [3.63, 3.8) is 0 Å². The van der Waals surface area contributed by atoms with E-state index in [1.165, 1.54) is 0 Å². The van der Waals surface area contributed by atoms with Gasteiger partial charge in [0.2, 0.25) is 5.11 Å². The van der Waals surface area contributed by atoms with E-state index < -0.39 is 0 Å². The Balaban J connectivity index is 2.24. The maximum atomic E-state index is 5.69. The highest BCUT2D eigenvalue weighted by Gasteiger charge is 2.09.